The van der Waals surface area contributed by atoms with E-state index >= 15 is 0 Å². The minimum atomic E-state index is 0.00460. The molecule has 0 aromatic heterocycles. The number of hydrogen-bond acceptors (Lipinski definition) is 1. The van der Waals surface area contributed by atoms with E-state index in [-0.39, 0.29) is 5.91 Å². The largest absolute Gasteiger partial charge is 0.345 e. The topological polar surface area (TPSA) is 29.1 Å². The zero-order valence-corrected chi connectivity index (χ0v) is 7.10. The summed E-state index contributed by atoms with van der Waals surface area (Å²) in [6.45, 7) is 0.313. The highest BCUT2D eigenvalue weighted by molar-refractivity contribution is 5.76. The van der Waals surface area contributed by atoms with Crippen molar-refractivity contribution in [3.05, 3.63) is 0 Å². The Morgan fingerprint density at radius 1 is 1.25 bits per heavy atom. The fourth-order valence-electron chi connectivity index (χ4n) is 0.751. The first-order valence-electron chi connectivity index (χ1n) is 3.95. The van der Waals surface area contributed by atoms with Gasteiger partial charge in [-0.15, -0.1) is 18.8 Å². The summed E-state index contributed by atoms with van der Waals surface area (Å²) >= 11 is 0. The van der Waals surface area contributed by atoms with Crippen LogP contribution in [0.5, 0.6) is 0 Å². The molecule has 0 heterocycles. The minimum Gasteiger partial charge on any atom is -0.345 e. The molecule has 0 aliphatic carbocycles. The second kappa shape index (κ2) is 7.69. The Morgan fingerprint density at radius 2 is 2.00 bits per heavy atom. The van der Waals surface area contributed by atoms with Gasteiger partial charge in [-0.2, -0.15) is 0 Å². The molecule has 0 aliphatic heterocycles. The second-order valence-corrected chi connectivity index (χ2v) is 2.39. The van der Waals surface area contributed by atoms with E-state index in [1.165, 1.54) is 0 Å². The number of carbonyl (C=O) groups excluding carboxylic acids is 1. The van der Waals surface area contributed by atoms with Crippen LogP contribution < -0.4 is 5.32 Å². The first kappa shape index (κ1) is 10.6. The molecule has 0 radical (unpaired) electrons. The number of unbranched alkanes of at least 4 members (excludes halogenated alkanes) is 2. The molecule has 2 nitrogen and oxygen atoms in total. The lowest BCUT2D eigenvalue weighted by molar-refractivity contribution is -0.120. The van der Waals surface area contributed by atoms with Gasteiger partial charge < -0.3 is 5.32 Å². The molecule has 0 saturated carbocycles. The van der Waals surface area contributed by atoms with Gasteiger partial charge in [0.05, 0.1) is 6.54 Å². The van der Waals surface area contributed by atoms with Crippen LogP contribution in [0.4, 0.5) is 0 Å². The highest BCUT2D eigenvalue weighted by Crippen LogP contribution is 1.97. The first-order chi connectivity index (χ1) is 5.81. The Morgan fingerprint density at radius 3 is 2.58 bits per heavy atom. The van der Waals surface area contributed by atoms with Crippen molar-refractivity contribution in [3.8, 4) is 24.7 Å². The van der Waals surface area contributed by atoms with E-state index in [4.69, 9.17) is 12.8 Å². The van der Waals surface area contributed by atoms with Crippen LogP contribution in [0.3, 0.4) is 0 Å². The van der Waals surface area contributed by atoms with Crippen molar-refractivity contribution >= 4 is 5.91 Å². The molecule has 0 fully saturated rings. The van der Waals surface area contributed by atoms with Gasteiger partial charge in [-0.05, 0) is 12.8 Å². The monoisotopic (exact) mass is 163 g/mol. The Bertz CT molecular complexity index is 207. The van der Waals surface area contributed by atoms with E-state index in [0.29, 0.717) is 13.0 Å². The van der Waals surface area contributed by atoms with E-state index in [9.17, 15) is 4.79 Å². The summed E-state index contributed by atoms with van der Waals surface area (Å²) in [4.78, 5) is 10.9. The van der Waals surface area contributed by atoms with Crippen LogP contribution in [0.25, 0.3) is 0 Å². The number of terminal acetylenes is 2. The summed E-state index contributed by atoms with van der Waals surface area (Å²) in [7, 11) is 0. The number of nitrogens with one attached hydrogen (secondary N) is 1. The minimum absolute atomic E-state index is 0.00460. The lowest BCUT2D eigenvalue weighted by Gasteiger charge is -1.99. The van der Waals surface area contributed by atoms with Crippen LogP contribution in [0.15, 0.2) is 0 Å². The van der Waals surface area contributed by atoms with Gasteiger partial charge in [0.25, 0.3) is 0 Å². The molecule has 0 atom stereocenters. The van der Waals surface area contributed by atoms with Gasteiger partial charge in [-0.1, -0.05) is 5.92 Å². The molecule has 0 unspecified atom stereocenters. The van der Waals surface area contributed by atoms with Gasteiger partial charge in [-0.25, -0.2) is 0 Å². The Labute approximate surface area is 73.7 Å². The third-order valence-corrected chi connectivity index (χ3v) is 1.36. The van der Waals surface area contributed by atoms with E-state index in [1.807, 2.05) is 0 Å². The van der Waals surface area contributed by atoms with E-state index < -0.39 is 0 Å². The summed E-state index contributed by atoms with van der Waals surface area (Å²) in [6, 6.07) is 0. The Kier molecular flexibility index (Phi) is 6.79. The predicted molar refractivity (Wildman–Crippen MR) is 49.1 cm³/mol. The van der Waals surface area contributed by atoms with Crippen LogP contribution in [0, 0.1) is 24.7 Å². The van der Waals surface area contributed by atoms with E-state index in [2.05, 4.69) is 17.2 Å². The SMILES string of the molecule is C#CCCCCC(=O)NCC#C. The van der Waals surface area contributed by atoms with Gasteiger partial charge in [0.15, 0.2) is 0 Å². The second-order valence-electron chi connectivity index (χ2n) is 2.39. The molecule has 1 amide bonds. The molecule has 0 aliphatic rings. The van der Waals surface area contributed by atoms with Crippen LogP contribution in [-0.2, 0) is 4.79 Å². The number of carbonyl (C=O) groups is 1. The lowest BCUT2D eigenvalue weighted by atomic mass is 10.2. The fraction of sp³-hybridized carbons (Fsp3) is 0.500. The summed E-state index contributed by atoms with van der Waals surface area (Å²) in [5, 5.41) is 2.58. The molecule has 1 N–H and O–H groups in total. The van der Waals surface area contributed by atoms with Gasteiger partial charge in [0, 0.05) is 12.8 Å². The molecule has 0 spiro atoms. The van der Waals surface area contributed by atoms with Gasteiger partial charge >= 0.3 is 0 Å². The standard InChI is InChI=1S/C10H13NO/c1-3-5-6-7-8-10(12)11-9-4-2/h1-2H,5-9H2,(H,11,12). The van der Waals surface area contributed by atoms with Gasteiger partial charge in [0.2, 0.25) is 5.91 Å². The highest BCUT2D eigenvalue weighted by Gasteiger charge is 1.97. The van der Waals surface area contributed by atoms with Gasteiger partial charge in [0.1, 0.15) is 0 Å². The molecule has 0 aromatic rings. The smallest absolute Gasteiger partial charge is 0.220 e. The van der Waals surface area contributed by atoms with E-state index in [1.54, 1.807) is 0 Å². The van der Waals surface area contributed by atoms with E-state index in [0.717, 1.165) is 19.3 Å². The number of amides is 1. The Hall–Kier alpha value is -1.41. The normalized spacial score (nSPS) is 8.17. The lowest BCUT2D eigenvalue weighted by Crippen LogP contribution is -2.22. The average Bonchev–Trinajstić information content (AvgIpc) is 2.09. The van der Waals surface area contributed by atoms with Crippen molar-refractivity contribution in [2.24, 2.45) is 0 Å². The molecule has 64 valence electrons. The molecule has 0 aromatic carbocycles. The zero-order chi connectivity index (χ0) is 9.23. The van der Waals surface area contributed by atoms with Crippen LogP contribution in [0.1, 0.15) is 25.7 Å². The van der Waals surface area contributed by atoms with Crippen molar-refractivity contribution in [2.75, 3.05) is 6.54 Å². The predicted octanol–water partition coefficient (Wildman–Crippen LogP) is 0.929. The fourth-order valence-corrected chi connectivity index (χ4v) is 0.751. The van der Waals surface area contributed by atoms with Crippen LogP contribution in [-0.4, -0.2) is 12.5 Å². The molecule has 2 heteroatoms. The highest BCUT2D eigenvalue weighted by atomic mass is 16.1. The van der Waals surface area contributed by atoms with Crippen LogP contribution in [0.2, 0.25) is 0 Å². The maximum Gasteiger partial charge on any atom is 0.220 e. The quantitative estimate of drug-likeness (QED) is 0.474. The number of hydrogen-bond donors (Lipinski definition) is 1. The zero-order valence-electron chi connectivity index (χ0n) is 7.10. The van der Waals surface area contributed by atoms with Crippen molar-refractivity contribution in [1.29, 1.82) is 0 Å². The van der Waals surface area contributed by atoms with Crippen molar-refractivity contribution < 1.29 is 4.79 Å². The van der Waals surface area contributed by atoms with Crippen molar-refractivity contribution in [2.45, 2.75) is 25.7 Å². The molecule has 12 heavy (non-hydrogen) atoms. The Balaban J connectivity index is 3.22. The maximum absolute atomic E-state index is 10.9. The first-order valence-corrected chi connectivity index (χ1v) is 3.95. The van der Waals surface area contributed by atoms with Crippen LogP contribution >= 0.6 is 0 Å². The molecule has 0 saturated heterocycles. The number of rotatable bonds is 5. The summed E-state index contributed by atoms with van der Waals surface area (Å²) in [6.07, 6.45) is 13.0. The van der Waals surface area contributed by atoms with Crippen molar-refractivity contribution in [1.82, 2.24) is 5.32 Å². The molecular formula is C10H13NO. The molecule has 0 rings (SSSR count). The maximum atomic E-state index is 10.9. The third-order valence-electron chi connectivity index (χ3n) is 1.36. The summed E-state index contributed by atoms with van der Waals surface area (Å²) in [5.74, 6) is 4.86. The van der Waals surface area contributed by atoms with Gasteiger partial charge in [-0.3, -0.25) is 4.79 Å². The van der Waals surface area contributed by atoms with Crippen molar-refractivity contribution in [3.63, 3.8) is 0 Å². The average molecular weight is 163 g/mol. The third kappa shape index (κ3) is 6.71. The summed E-state index contributed by atoms with van der Waals surface area (Å²) in [5.41, 5.74) is 0. The summed E-state index contributed by atoms with van der Waals surface area (Å²) < 4.78 is 0. The molecular weight excluding hydrogens is 150 g/mol. The molecule has 0 bridgehead atoms.